The van der Waals surface area contributed by atoms with Crippen LogP contribution < -0.4 is 5.32 Å². The third-order valence-electron chi connectivity index (χ3n) is 4.33. The largest absolute Gasteiger partial charge is 0.356 e. The van der Waals surface area contributed by atoms with Gasteiger partial charge in [-0.15, -0.1) is 0 Å². The number of nitrogens with one attached hydrogen (secondary N) is 1. The summed E-state index contributed by atoms with van der Waals surface area (Å²) in [5, 5.41) is 21.2. The van der Waals surface area contributed by atoms with Gasteiger partial charge in [-0.3, -0.25) is 4.79 Å². The van der Waals surface area contributed by atoms with Crippen LogP contribution >= 0.6 is 0 Å². The molecule has 0 saturated heterocycles. The summed E-state index contributed by atoms with van der Waals surface area (Å²) in [6, 6.07) is 11.3. The number of rotatable bonds is 4. The first-order valence-corrected chi connectivity index (χ1v) is 8.61. The SMILES string of the molecule is Cc1cc(C)c2c(CC(=O)Nc3c(C#N)cnn3-c3ccccn3)noc2c1. The molecule has 0 unspecified atom stereocenters. The molecule has 4 rings (SSSR count). The second kappa shape index (κ2) is 6.96. The van der Waals surface area contributed by atoms with Gasteiger partial charge in [-0.25, -0.2) is 4.98 Å². The van der Waals surface area contributed by atoms with Crippen molar-refractivity contribution in [2.45, 2.75) is 20.3 Å². The van der Waals surface area contributed by atoms with E-state index >= 15 is 0 Å². The average molecular weight is 372 g/mol. The number of carbonyl (C=O) groups excluding carboxylic acids is 1. The Morgan fingerprint density at radius 2 is 2.18 bits per heavy atom. The van der Waals surface area contributed by atoms with Crippen molar-refractivity contribution in [3.8, 4) is 11.9 Å². The van der Waals surface area contributed by atoms with Crippen LogP contribution in [-0.4, -0.2) is 25.8 Å². The summed E-state index contributed by atoms with van der Waals surface area (Å²) in [7, 11) is 0. The molecule has 0 aliphatic carbocycles. The van der Waals surface area contributed by atoms with Crippen LogP contribution in [0.4, 0.5) is 5.82 Å². The smallest absolute Gasteiger partial charge is 0.231 e. The van der Waals surface area contributed by atoms with E-state index in [0.717, 1.165) is 16.5 Å². The van der Waals surface area contributed by atoms with Crippen molar-refractivity contribution < 1.29 is 9.32 Å². The normalized spacial score (nSPS) is 10.8. The lowest BCUT2D eigenvalue weighted by atomic mass is 10.0. The number of anilines is 1. The van der Waals surface area contributed by atoms with Gasteiger partial charge in [-0.2, -0.15) is 15.0 Å². The fraction of sp³-hybridized carbons (Fsp3) is 0.150. The second-order valence-corrected chi connectivity index (χ2v) is 6.43. The van der Waals surface area contributed by atoms with Crippen LogP contribution in [0.5, 0.6) is 0 Å². The van der Waals surface area contributed by atoms with E-state index < -0.39 is 0 Å². The van der Waals surface area contributed by atoms with E-state index in [1.54, 1.807) is 24.4 Å². The van der Waals surface area contributed by atoms with E-state index in [1.165, 1.54) is 10.9 Å². The number of hydrogen-bond donors (Lipinski definition) is 1. The van der Waals surface area contributed by atoms with E-state index in [0.29, 0.717) is 17.1 Å². The molecule has 0 atom stereocenters. The van der Waals surface area contributed by atoms with Crippen molar-refractivity contribution in [3.05, 3.63) is 65.1 Å². The van der Waals surface area contributed by atoms with E-state index in [9.17, 15) is 10.1 Å². The Morgan fingerprint density at radius 3 is 2.93 bits per heavy atom. The molecular weight excluding hydrogens is 356 g/mol. The van der Waals surface area contributed by atoms with Crippen LogP contribution in [0.2, 0.25) is 0 Å². The highest BCUT2D eigenvalue weighted by Gasteiger charge is 2.19. The summed E-state index contributed by atoms with van der Waals surface area (Å²) < 4.78 is 6.80. The van der Waals surface area contributed by atoms with Gasteiger partial charge in [0.2, 0.25) is 5.91 Å². The minimum atomic E-state index is -0.329. The second-order valence-electron chi connectivity index (χ2n) is 6.43. The summed E-state index contributed by atoms with van der Waals surface area (Å²) in [6.45, 7) is 3.93. The van der Waals surface area contributed by atoms with Crippen molar-refractivity contribution in [2.75, 3.05) is 5.32 Å². The number of fused-ring (bicyclic) bond motifs is 1. The standard InChI is InChI=1S/C20H16N6O2/c1-12-7-13(2)19-15(25-28-16(19)8-12)9-18(27)24-20-14(10-21)11-23-26(20)17-5-3-4-6-22-17/h3-8,11H,9H2,1-2H3,(H,24,27). The van der Waals surface area contributed by atoms with Crippen molar-refractivity contribution >= 4 is 22.7 Å². The summed E-state index contributed by atoms with van der Waals surface area (Å²) in [4.78, 5) is 16.9. The van der Waals surface area contributed by atoms with E-state index in [1.807, 2.05) is 32.0 Å². The van der Waals surface area contributed by atoms with Gasteiger partial charge in [0.25, 0.3) is 0 Å². The molecule has 0 aliphatic heterocycles. The number of carbonyl (C=O) groups is 1. The number of hydrogen-bond acceptors (Lipinski definition) is 6. The van der Waals surface area contributed by atoms with E-state index in [4.69, 9.17) is 4.52 Å². The lowest BCUT2D eigenvalue weighted by molar-refractivity contribution is -0.115. The monoisotopic (exact) mass is 372 g/mol. The highest BCUT2D eigenvalue weighted by atomic mass is 16.5. The molecule has 0 aliphatic rings. The fourth-order valence-electron chi connectivity index (χ4n) is 3.17. The van der Waals surface area contributed by atoms with Crippen molar-refractivity contribution in [1.29, 1.82) is 5.26 Å². The van der Waals surface area contributed by atoms with Crippen LogP contribution in [-0.2, 0) is 11.2 Å². The minimum Gasteiger partial charge on any atom is -0.356 e. The minimum absolute atomic E-state index is 0.00910. The first-order chi connectivity index (χ1) is 13.6. The maximum Gasteiger partial charge on any atom is 0.231 e. The van der Waals surface area contributed by atoms with Crippen molar-refractivity contribution in [1.82, 2.24) is 19.9 Å². The molecule has 0 fully saturated rings. The average Bonchev–Trinajstić information content (AvgIpc) is 3.26. The molecule has 138 valence electrons. The predicted molar refractivity (Wildman–Crippen MR) is 102 cm³/mol. The highest BCUT2D eigenvalue weighted by Crippen LogP contribution is 2.25. The van der Waals surface area contributed by atoms with Crippen molar-refractivity contribution in [2.24, 2.45) is 0 Å². The Hall–Kier alpha value is -3.99. The molecule has 0 saturated carbocycles. The molecule has 8 nitrogen and oxygen atoms in total. The van der Waals surface area contributed by atoms with Gasteiger partial charge >= 0.3 is 0 Å². The summed E-state index contributed by atoms with van der Waals surface area (Å²) in [5.74, 6) is 0.438. The molecule has 0 spiro atoms. The predicted octanol–water partition coefficient (Wildman–Crippen LogP) is 3.08. The molecule has 1 aromatic carbocycles. The number of aryl methyl sites for hydroxylation is 2. The zero-order valence-corrected chi connectivity index (χ0v) is 15.3. The number of aromatic nitrogens is 4. The summed E-state index contributed by atoms with van der Waals surface area (Å²) in [5.41, 5.74) is 3.50. The van der Waals surface area contributed by atoms with Gasteiger partial charge in [0.1, 0.15) is 17.3 Å². The quantitative estimate of drug-likeness (QED) is 0.589. The maximum absolute atomic E-state index is 12.7. The molecule has 4 aromatic rings. The van der Waals surface area contributed by atoms with Crippen molar-refractivity contribution in [3.63, 3.8) is 0 Å². The molecule has 28 heavy (non-hydrogen) atoms. The van der Waals surface area contributed by atoms with Gasteiger partial charge in [-0.1, -0.05) is 17.3 Å². The van der Waals surface area contributed by atoms with E-state index in [-0.39, 0.29) is 23.7 Å². The van der Waals surface area contributed by atoms with Gasteiger partial charge < -0.3 is 9.84 Å². The third-order valence-corrected chi connectivity index (χ3v) is 4.33. The zero-order chi connectivity index (χ0) is 19.7. The maximum atomic E-state index is 12.7. The van der Waals surface area contributed by atoms with Crippen LogP contribution in [0.15, 0.2) is 47.2 Å². The van der Waals surface area contributed by atoms with Crippen LogP contribution in [0.3, 0.4) is 0 Å². The number of amides is 1. The molecule has 3 aromatic heterocycles. The summed E-state index contributed by atoms with van der Waals surface area (Å²) in [6.07, 6.45) is 3.01. The van der Waals surface area contributed by atoms with E-state index in [2.05, 4.69) is 20.6 Å². The molecule has 1 amide bonds. The Balaban J connectivity index is 1.64. The topological polar surface area (TPSA) is 110 Å². The first kappa shape index (κ1) is 17.4. The lowest BCUT2D eigenvalue weighted by Crippen LogP contribution is -2.18. The zero-order valence-electron chi connectivity index (χ0n) is 15.3. The third kappa shape index (κ3) is 3.10. The number of benzene rings is 1. The molecule has 0 radical (unpaired) electrons. The Bertz CT molecular complexity index is 1220. The summed E-state index contributed by atoms with van der Waals surface area (Å²) >= 11 is 0. The molecular formula is C20H16N6O2. The Kier molecular flexibility index (Phi) is 4.33. The van der Waals surface area contributed by atoms with Crippen LogP contribution in [0.25, 0.3) is 16.8 Å². The Morgan fingerprint density at radius 1 is 1.32 bits per heavy atom. The number of nitriles is 1. The molecule has 3 heterocycles. The lowest BCUT2D eigenvalue weighted by Gasteiger charge is -2.08. The van der Waals surface area contributed by atoms with Crippen LogP contribution in [0, 0.1) is 25.2 Å². The van der Waals surface area contributed by atoms with Crippen LogP contribution in [0.1, 0.15) is 22.4 Å². The van der Waals surface area contributed by atoms with Gasteiger partial charge in [0.05, 0.1) is 12.6 Å². The molecule has 1 N–H and O–H groups in total. The number of nitrogens with zero attached hydrogens (tertiary/aromatic N) is 5. The Labute approximate surface area is 160 Å². The van der Waals surface area contributed by atoms with Gasteiger partial charge in [0.15, 0.2) is 17.2 Å². The fourth-order valence-corrected chi connectivity index (χ4v) is 3.17. The van der Waals surface area contributed by atoms with Gasteiger partial charge in [-0.05, 0) is 43.2 Å². The number of pyridine rings is 1. The molecule has 8 heteroatoms. The molecule has 0 bridgehead atoms. The van der Waals surface area contributed by atoms with Gasteiger partial charge in [0, 0.05) is 11.6 Å². The first-order valence-electron chi connectivity index (χ1n) is 8.61. The highest BCUT2D eigenvalue weighted by molar-refractivity contribution is 5.95.